The van der Waals surface area contributed by atoms with Crippen molar-refractivity contribution in [1.82, 2.24) is 9.55 Å². The van der Waals surface area contributed by atoms with Gasteiger partial charge in [-0.05, 0) is 44.4 Å². The van der Waals surface area contributed by atoms with Gasteiger partial charge in [-0.1, -0.05) is 12.1 Å². The molecule has 0 saturated heterocycles. The topological polar surface area (TPSA) is 38.1 Å². The Kier molecular flexibility index (Phi) is 3.76. The van der Waals surface area contributed by atoms with Gasteiger partial charge in [0.1, 0.15) is 5.82 Å². The summed E-state index contributed by atoms with van der Waals surface area (Å²) < 4.78 is 2.10. The van der Waals surface area contributed by atoms with E-state index >= 15 is 0 Å². The van der Waals surface area contributed by atoms with Crippen LogP contribution in [0.5, 0.6) is 0 Å². The summed E-state index contributed by atoms with van der Waals surface area (Å²) in [6.45, 7) is 8.63. The lowest BCUT2D eigenvalue weighted by molar-refractivity contribution is 0.295. The molecule has 0 radical (unpaired) electrons. The van der Waals surface area contributed by atoms with Gasteiger partial charge in [-0.2, -0.15) is 0 Å². The summed E-state index contributed by atoms with van der Waals surface area (Å²) in [7, 11) is 2.02. The van der Waals surface area contributed by atoms with Gasteiger partial charge >= 0.3 is 0 Å². The Morgan fingerprint density at radius 1 is 1.11 bits per heavy atom. The second-order valence-electron chi connectivity index (χ2n) is 5.17. The normalized spacial score (nSPS) is 11.1. The summed E-state index contributed by atoms with van der Waals surface area (Å²) in [5, 5.41) is 9.10. The Morgan fingerprint density at radius 2 is 1.79 bits per heavy atom. The van der Waals surface area contributed by atoms with E-state index in [-0.39, 0.29) is 6.61 Å². The molecule has 1 aromatic carbocycles. The highest BCUT2D eigenvalue weighted by Gasteiger charge is 2.15. The van der Waals surface area contributed by atoms with Gasteiger partial charge < -0.3 is 9.67 Å². The second-order valence-corrected chi connectivity index (χ2v) is 5.17. The predicted molar refractivity (Wildman–Crippen MR) is 78.4 cm³/mol. The highest BCUT2D eigenvalue weighted by atomic mass is 16.3. The first-order valence-electron chi connectivity index (χ1n) is 6.67. The fraction of sp³-hybridized carbons (Fsp3) is 0.438. The van der Waals surface area contributed by atoms with Crippen LogP contribution < -0.4 is 0 Å². The number of aryl methyl sites for hydroxylation is 2. The molecule has 19 heavy (non-hydrogen) atoms. The molecule has 3 nitrogen and oxygen atoms in total. The van der Waals surface area contributed by atoms with E-state index in [1.807, 2.05) is 14.0 Å². The van der Waals surface area contributed by atoms with Gasteiger partial charge in [0.2, 0.25) is 0 Å². The molecule has 0 atom stereocenters. The van der Waals surface area contributed by atoms with Gasteiger partial charge in [-0.15, -0.1) is 0 Å². The van der Waals surface area contributed by atoms with Gasteiger partial charge in [0, 0.05) is 19.0 Å². The Bertz CT molecular complexity index is 612. The van der Waals surface area contributed by atoms with Crippen LogP contribution in [0.15, 0.2) is 12.1 Å². The monoisotopic (exact) mass is 258 g/mol. The third-order valence-electron chi connectivity index (χ3n) is 4.01. The molecule has 2 rings (SSSR count). The van der Waals surface area contributed by atoms with Crippen molar-refractivity contribution in [2.45, 2.75) is 34.1 Å². The van der Waals surface area contributed by atoms with Crippen molar-refractivity contribution in [2.75, 3.05) is 6.61 Å². The number of aromatic nitrogens is 2. The number of rotatable bonds is 3. The van der Waals surface area contributed by atoms with E-state index in [1.54, 1.807) is 0 Å². The molecule has 1 aromatic heterocycles. The van der Waals surface area contributed by atoms with E-state index in [2.05, 4.69) is 42.5 Å². The zero-order chi connectivity index (χ0) is 14.2. The highest BCUT2D eigenvalue weighted by molar-refractivity contribution is 5.68. The summed E-state index contributed by atoms with van der Waals surface area (Å²) in [4.78, 5) is 4.57. The molecule has 0 saturated carbocycles. The summed E-state index contributed by atoms with van der Waals surface area (Å²) in [6, 6.07) is 4.33. The van der Waals surface area contributed by atoms with E-state index in [4.69, 9.17) is 5.11 Å². The van der Waals surface area contributed by atoms with Gasteiger partial charge in [-0.3, -0.25) is 0 Å². The lowest BCUT2D eigenvalue weighted by Crippen LogP contribution is -2.03. The Labute approximate surface area is 114 Å². The molecule has 0 spiro atoms. The Morgan fingerprint density at radius 3 is 2.42 bits per heavy atom. The summed E-state index contributed by atoms with van der Waals surface area (Å²) >= 11 is 0. The number of hydrogen-bond donors (Lipinski definition) is 1. The van der Waals surface area contributed by atoms with Gasteiger partial charge in [0.15, 0.2) is 0 Å². The molecule has 1 heterocycles. The lowest BCUT2D eigenvalue weighted by Gasteiger charge is -2.13. The van der Waals surface area contributed by atoms with Crippen molar-refractivity contribution in [3.05, 3.63) is 40.3 Å². The van der Waals surface area contributed by atoms with Crippen molar-refractivity contribution in [3.63, 3.8) is 0 Å². The maximum Gasteiger partial charge on any atom is 0.111 e. The van der Waals surface area contributed by atoms with E-state index in [1.165, 1.54) is 22.3 Å². The van der Waals surface area contributed by atoms with Crippen LogP contribution in [0.1, 0.15) is 28.2 Å². The molecule has 1 N–H and O–H groups in total. The standard InChI is InChI=1S/C16H22N2O/c1-10-6-7-14(12(3)11(10)2)16-13(4)17-15(8-9-19)18(16)5/h6-7,19H,8-9H2,1-5H3. The Hall–Kier alpha value is -1.61. The molecule has 0 bridgehead atoms. The maximum atomic E-state index is 9.10. The van der Waals surface area contributed by atoms with E-state index in [0.717, 1.165) is 17.2 Å². The van der Waals surface area contributed by atoms with Crippen molar-refractivity contribution in [1.29, 1.82) is 0 Å². The van der Waals surface area contributed by atoms with Crippen LogP contribution in [0, 0.1) is 27.7 Å². The molecular weight excluding hydrogens is 236 g/mol. The number of aliphatic hydroxyl groups is 1. The maximum absolute atomic E-state index is 9.10. The van der Waals surface area contributed by atoms with Crippen LogP contribution in [-0.4, -0.2) is 21.3 Å². The molecule has 0 aliphatic rings. The fourth-order valence-corrected chi connectivity index (χ4v) is 2.61. The van der Waals surface area contributed by atoms with Crippen LogP contribution in [0.25, 0.3) is 11.3 Å². The number of aliphatic hydroxyl groups excluding tert-OH is 1. The van der Waals surface area contributed by atoms with Crippen molar-refractivity contribution in [3.8, 4) is 11.3 Å². The first-order valence-corrected chi connectivity index (χ1v) is 6.67. The average Bonchev–Trinajstić information content (AvgIpc) is 2.64. The van der Waals surface area contributed by atoms with Crippen LogP contribution in [-0.2, 0) is 13.5 Å². The molecule has 0 fully saturated rings. The number of nitrogens with zero attached hydrogens (tertiary/aromatic N) is 2. The SMILES string of the molecule is Cc1ccc(-c2c(C)nc(CCO)n2C)c(C)c1C. The highest BCUT2D eigenvalue weighted by Crippen LogP contribution is 2.30. The first kappa shape index (κ1) is 13.8. The molecular formula is C16H22N2O. The van der Waals surface area contributed by atoms with Crippen LogP contribution in [0.4, 0.5) is 0 Å². The average molecular weight is 258 g/mol. The number of benzene rings is 1. The summed E-state index contributed by atoms with van der Waals surface area (Å²) in [5.41, 5.74) is 7.38. The van der Waals surface area contributed by atoms with E-state index < -0.39 is 0 Å². The molecule has 0 aliphatic carbocycles. The van der Waals surface area contributed by atoms with E-state index in [0.29, 0.717) is 6.42 Å². The van der Waals surface area contributed by atoms with Gasteiger partial charge in [0.05, 0.1) is 18.0 Å². The molecule has 3 heteroatoms. The summed E-state index contributed by atoms with van der Waals surface area (Å²) in [6.07, 6.45) is 0.598. The van der Waals surface area contributed by atoms with Gasteiger partial charge in [0.25, 0.3) is 0 Å². The minimum atomic E-state index is 0.135. The summed E-state index contributed by atoms with van der Waals surface area (Å²) in [5.74, 6) is 0.938. The van der Waals surface area contributed by atoms with Crippen LogP contribution in [0.3, 0.4) is 0 Å². The largest absolute Gasteiger partial charge is 0.396 e. The number of hydrogen-bond acceptors (Lipinski definition) is 2. The van der Waals surface area contributed by atoms with Crippen LogP contribution in [0.2, 0.25) is 0 Å². The van der Waals surface area contributed by atoms with E-state index in [9.17, 15) is 0 Å². The number of imidazole rings is 1. The molecule has 0 amide bonds. The van der Waals surface area contributed by atoms with Crippen molar-refractivity contribution >= 4 is 0 Å². The first-order chi connectivity index (χ1) is 8.97. The Balaban J connectivity index is 2.63. The quantitative estimate of drug-likeness (QED) is 0.919. The smallest absolute Gasteiger partial charge is 0.111 e. The third-order valence-corrected chi connectivity index (χ3v) is 4.01. The minimum Gasteiger partial charge on any atom is -0.396 e. The fourth-order valence-electron chi connectivity index (χ4n) is 2.61. The van der Waals surface area contributed by atoms with Gasteiger partial charge in [-0.25, -0.2) is 4.98 Å². The lowest BCUT2D eigenvalue weighted by atomic mass is 9.96. The predicted octanol–water partition coefficient (Wildman–Crippen LogP) is 2.86. The molecule has 0 aliphatic heterocycles. The second kappa shape index (κ2) is 5.17. The van der Waals surface area contributed by atoms with Crippen molar-refractivity contribution in [2.24, 2.45) is 7.05 Å². The van der Waals surface area contributed by atoms with Crippen molar-refractivity contribution < 1.29 is 5.11 Å². The zero-order valence-corrected chi connectivity index (χ0v) is 12.4. The molecule has 102 valence electrons. The van der Waals surface area contributed by atoms with Crippen LogP contribution >= 0.6 is 0 Å². The zero-order valence-electron chi connectivity index (χ0n) is 12.4. The molecule has 2 aromatic rings. The molecule has 0 unspecified atom stereocenters. The minimum absolute atomic E-state index is 0.135. The third kappa shape index (κ3) is 2.30.